The molecule has 0 amide bonds. The van der Waals surface area contributed by atoms with Gasteiger partial charge < -0.3 is 5.11 Å². The lowest BCUT2D eigenvalue weighted by atomic mass is 9.76. The third kappa shape index (κ3) is 3.55. The summed E-state index contributed by atoms with van der Waals surface area (Å²) in [7, 11) is -3.61. The molecule has 2 N–H and O–H groups in total. The van der Waals surface area contributed by atoms with Gasteiger partial charge in [-0.3, -0.25) is 4.79 Å². The molecule has 0 spiro atoms. The van der Waals surface area contributed by atoms with Crippen molar-refractivity contribution in [2.75, 3.05) is 5.75 Å². The minimum Gasteiger partial charge on any atom is -0.480 e. The second-order valence-corrected chi connectivity index (χ2v) is 6.68. The molecule has 0 radical (unpaired) electrons. The van der Waals surface area contributed by atoms with Gasteiger partial charge in [-0.05, 0) is 31.6 Å². The zero-order valence-corrected chi connectivity index (χ0v) is 11.5. The van der Waals surface area contributed by atoms with E-state index < -0.39 is 21.5 Å². The number of hydrogen-bond donors (Lipinski definition) is 2. The second-order valence-electron chi connectivity index (χ2n) is 4.91. The molecule has 1 aliphatic rings. The smallest absolute Gasteiger partial charge is 0.324 e. The molecule has 0 aromatic heterocycles. The first-order valence-corrected chi connectivity index (χ1v) is 7.86. The zero-order valence-electron chi connectivity index (χ0n) is 10.7. The minimum atomic E-state index is -3.61. The molecule has 0 aliphatic heterocycles. The quantitative estimate of drug-likeness (QED) is 0.720. The van der Waals surface area contributed by atoms with Gasteiger partial charge >= 0.3 is 5.97 Å². The fourth-order valence-corrected chi connectivity index (χ4v) is 3.71. The van der Waals surface area contributed by atoms with E-state index in [1.807, 2.05) is 0 Å². The topological polar surface area (TPSA) is 83.5 Å². The molecule has 18 heavy (non-hydrogen) atoms. The summed E-state index contributed by atoms with van der Waals surface area (Å²) in [4.78, 5) is 11.4. The fourth-order valence-electron chi connectivity index (χ4n) is 2.43. The van der Waals surface area contributed by atoms with Crippen molar-refractivity contribution in [3.63, 3.8) is 0 Å². The molecule has 0 atom stereocenters. The summed E-state index contributed by atoms with van der Waals surface area (Å²) >= 11 is 0. The Balaban J connectivity index is 2.84. The molecule has 6 heteroatoms. The molecule has 0 aromatic rings. The lowest BCUT2D eigenvalue weighted by molar-refractivity contribution is -0.145. The van der Waals surface area contributed by atoms with E-state index in [2.05, 4.69) is 18.2 Å². The van der Waals surface area contributed by atoms with E-state index in [4.69, 9.17) is 0 Å². The lowest BCUT2D eigenvalue weighted by Gasteiger charge is -2.36. The van der Waals surface area contributed by atoms with Gasteiger partial charge in [0.1, 0.15) is 5.54 Å². The van der Waals surface area contributed by atoms with Crippen LogP contribution < -0.4 is 4.72 Å². The van der Waals surface area contributed by atoms with E-state index in [1.165, 1.54) is 6.08 Å². The minimum absolute atomic E-state index is 0.251. The molecule has 0 bridgehead atoms. The van der Waals surface area contributed by atoms with Crippen LogP contribution in [0, 0.1) is 5.92 Å². The summed E-state index contributed by atoms with van der Waals surface area (Å²) in [5, 5.41) is 9.33. The monoisotopic (exact) mass is 275 g/mol. The average Bonchev–Trinajstić information content (AvgIpc) is 2.29. The van der Waals surface area contributed by atoms with Crippen molar-refractivity contribution in [3.05, 3.63) is 12.7 Å². The largest absolute Gasteiger partial charge is 0.480 e. The average molecular weight is 275 g/mol. The number of hydrogen-bond acceptors (Lipinski definition) is 3. The normalized spacial score (nSPS) is 28.8. The number of carboxylic acid groups (broad SMARTS) is 1. The van der Waals surface area contributed by atoms with Crippen LogP contribution in [-0.2, 0) is 14.8 Å². The summed E-state index contributed by atoms with van der Waals surface area (Å²) in [6, 6.07) is 0. The Morgan fingerprint density at radius 1 is 1.50 bits per heavy atom. The molecular weight excluding hydrogens is 254 g/mol. The van der Waals surface area contributed by atoms with Crippen molar-refractivity contribution in [2.45, 2.75) is 44.6 Å². The number of sulfonamides is 1. The first-order chi connectivity index (χ1) is 8.35. The molecule has 0 aromatic carbocycles. The number of nitrogens with one attached hydrogen (secondary N) is 1. The SMILES string of the molecule is C=CCS(=O)(=O)NC1(C(=O)O)CCC(CC)CC1. The Hall–Kier alpha value is -0.880. The molecule has 1 fully saturated rings. The Bertz CT molecular complexity index is 408. The van der Waals surface area contributed by atoms with Gasteiger partial charge in [0.05, 0.1) is 5.75 Å². The van der Waals surface area contributed by atoms with Crippen LogP contribution in [0.4, 0.5) is 0 Å². The number of carboxylic acids is 1. The third-order valence-electron chi connectivity index (χ3n) is 3.63. The third-order valence-corrected chi connectivity index (χ3v) is 5.01. The number of carbonyl (C=O) groups is 1. The van der Waals surface area contributed by atoms with Crippen LogP contribution >= 0.6 is 0 Å². The van der Waals surface area contributed by atoms with Gasteiger partial charge in [-0.15, -0.1) is 6.58 Å². The molecule has 1 aliphatic carbocycles. The molecule has 1 saturated carbocycles. The summed E-state index contributed by atoms with van der Waals surface area (Å²) in [5.74, 6) is -0.828. The van der Waals surface area contributed by atoms with E-state index in [9.17, 15) is 18.3 Å². The summed E-state index contributed by atoms with van der Waals surface area (Å²) in [5.41, 5.74) is -1.33. The molecule has 1 rings (SSSR count). The summed E-state index contributed by atoms with van der Waals surface area (Å²) < 4.78 is 25.8. The highest BCUT2D eigenvalue weighted by Crippen LogP contribution is 2.34. The van der Waals surface area contributed by atoms with Gasteiger partial charge in [-0.2, -0.15) is 4.72 Å². The van der Waals surface area contributed by atoms with Crippen LogP contribution in [0.5, 0.6) is 0 Å². The Labute approximate surface area is 108 Å². The molecule has 0 heterocycles. The van der Waals surface area contributed by atoms with E-state index in [0.717, 1.165) is 19.3 Å². The van der Waals surface area contributed by atoms with Crippen LogP contribution in [0.3, 0.4) is 0 Å². The Morgan fingerprint density at radius 3 is 2.44 bits per heavy atom. The maximum Gasteiger partial charge on any atom is 0.324 e. The van der Waals surface area contributed by atoms with E-state index >= 15 is 0 Å². The fraction of sp³-hybridized carbons (Fsp3) is 0.750. The van der Waals surface area contributed by atoms with Gasteiger partial charge in [0.2, 0.25) is 10.0 Å². The van der Waals surface area contributed by atoms with E-state index in [1.54, 1.807) is 0 Å². The van der Waals surface area contributed by atoms with Crippen molar-refractivity contribution in [2.24, 2.45) is 5.92 Å². The van der Waals surface area contributed by atoms with Gasteiger partial charge in [-0.1, -0.05) is 19.4 Å². The van der Waals surface area contributed by atoms with Crippen LogP contribution in [0.15, 0.2) is 12.7 Å². The predicted octanol–water partition coefficient (Wildman–Crippen LogP) is 1.52. The van der Waals surface area contributed by atoms with Gasteiger partial charge in [0.25, 0.3) is 0 Å². The Morgan fingerprint density at radius 2 is 2.06 bits per heavy atom. The van der Waals surface area contributed by atoms with Crippen LogP contribution in [0.25, 0.3) is 0 Å². The van der Waals surface area contributed by atoms with Crippen LogP contribution in [-0.4, -0.2) is 30.8 Å². The van der Waals surface area contributed by atoms with Gasteiger partial charge in [-0.25, -0.2) is 8.42 Å². The maximum absolute atomic E-state index is 11.7. The highest BCUT2D eigenvalue weighted by molar-refractivity contribution is 7.89. The first-order valence-electron chi connectivity index (χ1n) is 6.21. The molecular formula is C12H21NO4S. The maximum atomic E-state index is 11.7. The Kier molecular flexibility index (Phi) is 4.92. The summed E-state index contributed by atoms with van der Waals surface area (Å²) in [6.07, 6.45) is 4.48. The lowest BCUT2D eigenvalue weighted by Crippen LogP contribution is -2.56. The number of aliphatic carboxylic acids is 1. The zero-order chi connectivity index (χ0) is 13.8. The van der Waals surface area contributed by atoms with Crippen LogP contribution in [0.1, 0.15) is 39.0 Å². The molecule has 0 saturated heterocycles. The van der Waals surface area contributed by atoms with E-state index in [-0.39, 0.29) is 5.75 Å². The molecule has 0 unspecified atom stereocenters. The number of rotatable bonds is 6. The first kappa shape index (κ1) is 15.2. The highest BCUT2D eigenvalue weighted by atomic mass is 32.2. The van der Waals surface area contributed by atoms with Crippen molar-refractivity contribution in [1.29, 1.82) is 0 Å². The second kappa shape index (κ2) is 5.84. The van der Waals surface area contributed by atoms with E-state index in [0.29, 0.717) is 18.8 Å². The summed E-state index contributed by atoms with van der Waals surface area (Å²) in [6.45, 7) is 5.44. The molecule has 104 valence electrons. The van der Waals surface area contributed by atoms with Crippen molar-refractivity contribution in [3.8, 4) is 0 Å². The highest BCUT2D eigenvalue weighted by Gasteiger charge is 2.44. The van der Waals surface area contributed by atoms with Crippen LogP contribution in [0.2, 0.25) is 0 Å². The standard InChI is InChI=1S/C12H21NO4S/c1-3-9-18(16,17)13-12(11(14)15)7-5-10(4-2)6-8-12/h3,10,13H,1,4-9H2,2H3,(H,14,15). The van der Waals surface area contributed by atoms with Crippen molar-refractivity contribution >= 4 is 16.0 Å². The predicted molar refractivity (Wildman–Crippen MR) is 69.7 cm³/mol. The van der Waals surface area contributed by atoms with Gasteiger partial charge in [0.15, 0.2) is 0 Å². The molecule has 5 nitrogen and oxygen atoms in total. The van der Waals surface area contributed by atoms with Crippen molar-refractivity contribution in [1.82, 2.24) is 4.72 Å². The van der Waals surface area contributed by atoms with Gasteiger partial charge in [0, 0.05) is 0 Å². The van der Waals surface area contributed by atoms with Crippen molar-refractivity contribution < 1.29 is 18.3 Å².